The zero-order valence-corrected chi connectivity index (χ0v) is 21.9. The zero-order chi connectivity index (χ0) is 27.2. The van der Waals surface area contributed by atoms with Crippen LogP contribution in [0.3, 0.4) is 0 Å². The predicted molar refractivity (Wildman–Crippen MR) is 143 cm³/mol. The number of benzene rings is 2. The number of fused-ring (bicyclic) bond motifs is 2. The van der Waals surface area contributed by atoms with Gasteiger partial charge in [-0.25, -0.2) is 18.2 Å². The lowest BCUT2D eigenvalue weighted by molar-refractivity contribution is -0.104. The van der Waals surface area contributed by atoms with Crippen LogP contribution in [-0.2, 0) is 11.2 Å². The van der Waals surface area contributed by atoms with E-state index in [9.17, 15) is 9.18 Å². The van der Waals surface area contributed by atoms with E-state index in [1.165, 1.54) is 38.1 Å². The Morgan fingerprint density at radius 1 is 1.16 bits per heavy atom. The molecule has 2 atom stereocenters. The number of hydrogen-bond donors (Lipinski definition) is 1. The van der Waals surface area contributed by atoms with Crippen molar-refractivity contribution in [3.63, 3.8) is 0 Å². The SMILES string of the molecule is C.CC.CO.Cc1nc2cc3c(cc2o1)CC(C)N(CC(C)(C)F)C3c1c(F)cc(/C=C/C=O)cc1F. The average Bonchev–Trinajstić information content (AvgIpc) is 3.18. The highest BCUT2D eigenvalue weighted by atomic mass is 19.1. The Hall–Kier alpha value is -2.97. The fraction of sp³-hybridized carbons (Fsp3) is 0.448. The number of aromatic nitrogens is 1. The molecule has 2 unspecified atom stereocenters. The van der Waals surface area contributed by atoms with E-state index in [4.69, 9.17) is 9.52 Å². The molecule has 37 heavy (non-hydrogen) atoms. The van der Waals surface area contributed by atoms with Gasteiger partial charge in [0, 0.05) is 32.2 Å². The molecule has 0 aliphatic carbocycles. The fourth-order valence-electron chi connectivity index (χ4n) is 4.56. The van der Waals surface area contributed by atoms with Crippen molar-refractivity contribution in [2.75, 3.05) is 13.7 Å². The topological polar surface area (TPSA) is 66.6 Å². The van der Waals surface area contributed by atoms with Gasteiger partial charge >= 0.3 is 0 Å². The van der Waals surface area contributed by atoms with Crippen LogP contribution in [-0.4, -0.2) is 46.6 Å². The zero-order valence-electron chi connectivity index (χ0n) is 21.9. The van der Waals surface area contributed by atoms with Crippen molar-refractivity contribution in [1.82, 2.24) is 9.88 Å². The molecule has 0 saturated carbocycles. The maximum absolute atomic E-state index is 15.4. The minimum Gasteiger partial charge on any atom is -0.441 e. The van der Waals surface area contributed by atoms with Gasteiger partial charge in [-0.05, 0) is 74.2 Å². The molecule has 0 spiro atoms. The van der Waals surface area contributed by atoms with E-state index < -0.39 is 23.3 Å². The van der Waals surface area contributed by atoms with E-state index in [0.29, 0.717) is 35.3 Å². The highest BCUT2D eigenvalue weighted by Crippen LogP contribution is 2.42. The first-order chi connectivity index (χ1) is 17.1. The molecular formula is C29H39F3N2O3. The molecule has 2 heterocycles. The molecule has 1 aliphatic heterocycles. The Bertz CT molecular complexity index is 1190. The number of rotatable bonds is 5. The van der Waals surface area contributed by atoms with Crippen LogP contribution in [0.2, 0.25) is 0 Å². The first-order valence-electron chi connectivity index (χ1n) is 12.0. The number of oxazole rings is 1. The van der Waals surface area contributed by atoms with E-state index in [-0.39, 0.29) is 31.1 Å². The summed E-state index contributed by atoms with van der Waals surface area (Å²) >= 11 is 0. The van der Waals surface area contributed by atoms with Crippen LogP contribution >= 0.6 is 0 Å². The minimum absolute atomic E-state index is 0. The van der Waals surface area contributed by atoms with Crippen LogP contribution in [0.15, 0.2) is 34.8 Å². The molecule has 0 amide bonds. The molecule has 0 fully saturated rings. The molecule has 1 N–H and O–H groups in total. The maximum Gasteiger partial charge on any atom is 0.192 e. The summed E-state index contributed by atoms with van der Waals surface area (Å²) < 4.78 is 51.1. The number of halogens is 3. The van der Waals surface area contributed by atoms with E-state index in [0.717, 1.165) is 12.7 Å². The minimum atomic E-state index is -1.57. The van der Waals surface area contributed by atoms with Gasteiger partial charge in [0.15, 0.2) is 11.5 Å². The van der Waals surface area contributed by atoms with E-state index in [2.05, 4.69) is 4.98 Å². The number of allylic oxidation sites excluding steroid dienone is 1. The number of aliphatic hydroxyl groups excluding tert-OH is 1. The van der Waals surface area contributed by atoms with Crippen molar-refractivity contribution in [3.8, 4) is 0 Å². The lowest BCUT2D eigenvalue weighted by atomic mass is 9.83. The van der Waals surface area contributed by atoms with E-state index >= 15 is 8.78 Å². The molecule has 8 heteroatoms. The Balaban J connectivity index is 0.00000131. The van der Waals surface area contributed by atoms with E-state index in [1.807, 2.05) is 31.7 Å². The highest BCUT2D eigenvalue weighted by molar-refractivity contribution is 5.76. The first-order valence-corrected chi connectivity index (χ1v) is 12.0. The third-order valence-electron chi connectivity index (χ3n) is 5.76. The normalized spacial score (nSPS) is 17.3. The van der Waals surface area contributed by atoms with Gasteiger partial charge in [-0.15, -0.1) is 0 Å². The summed E-state index contributed by atoms with van der Waals surface area (Å²) in [6.07, 6.45) is 3.64. The Labute approximate surface area is 218 Å². The lowest BCUT2D eigenvalue weighted by Gasteiger charge is -2.44. The van der Waals surface area contributed by atoms with Crippen LogP contribution in [0.1, 0.15) is 76.2 Å². The lowest BCUT2D eigenvalue weighted by Crippen LogP contribution is -2.48. The second-order valence-corrected chi connectivity index (χ2v) is 8.99. The van der Waals surface area contributed by atoms with Gasteiger partial charge in [0.05, 0.1) is 6.04 Å². The summed E-state index contributed by atoms with van der Waals surface area (Å²) in [7, 11) is 1.00. The van der Waals surface area contributed by atoms with Gasteiger partial charge in [-0.2, -0.15) is 0 Å². The summed E-state index contributed by atoms with van der Waals surface area (Å²) in [5.41, 5.74) is 1.29. The highest BCUT2D eigenvalue weighted by Gasteiger charge is 2.39. The standard InChI is InChI=1S/C25H25F3N2O2.C2H6.CH4O.CH4/c1-14-8-17-11-22-21(29-15(2)32-22)12-18(17)24(30(14)13-25(3,4)28)23-19(26)9-16(6-5-7-31)10-20(23)27;2*1-2;/h5-7,9-12,14,24H,8,13H2,1-4H3;1-2H3;2H,1H3;1H4/b6-5+;;;. The van der Waals surface area contributed by atoms with Crippen molar-refractivity contribution >= 4 is 23.5 Å². The number of hydrogen-bond acceptors (Lipinski definition) is 5. The van der Waals surface area contributed by atoms with Crippen LogP contribution < -0.4 is 0 Å². The van der Waals surface area contributed by atoms with Gasteiger partial charge in [-0.3, -0.25) is 9.69 Å². The van der Waals surface area contributed by atoms with Gasteiger partial charge in [-0.1, -0.05) is 27.4 Å². The fourth-order valence-corrected chi connectivity index (χ4v) is 4.56. The molecule has 0 saturated heterocycles. The van der Waals surface area contributed by atoms with Gasteiger partial charge in [0.1, 0.15) is 29.1 Å². The summed E-state index contributed by atoms with van der Waals surface area (Å²) in [5, 5.41) is 7.00. The van der Waals surface area contributed by atoms with Crippen molar-refractivity contribution in [1.29, 1.82) is 0 Å². The predicted octanol–water partition coefficient (Wildman–Crippen LogP) is 6.98. The summed E-state index contributed by atoms with van der Waals surface area (Å²) in [5.74, 6) is -1.00. The van der Waals surface area contributed by atoms with Crippen molar-refractivity contribution in [2.24, 2.45) is 0 Å². The molecule has 2 aromatic carbocycles. The summed E-state index contributed by atoms with van der Waals surface area (Å²) in [6.45, 7) is 10.6. The number of nitrogens with zero attached hydrogens (tertiary/aromatic N) is 2. The number of carbonyl (C=O) groups excluding carboxylic acids is 1. The van der Waals surface area contributed by atoms with Crippen LogP contribution in [0.5, 0.6) is 0 Å². The number of carbonyl (C=O) groups is 1. The summed E-state index contributed by atoms with van der Waals surface area (Å²) in [4.78, 5) is 16.8. The molecule has 204 valence electrons. The molecule has 1 aliphatic rings. The summed E-state index contributed by atoms with van der Waals surface area (Å²) in [6, 6.07) is 5.02. The second-order valence-electron chi connectivity index (χ2n) is 8.99. The third-order valence-corrected chi connectivity index (χ3v) is 5.76. The van der Waals surface area contributed by atoms with Gasteiger partial charge in [0.25, 0.3) is 0 Å². The smallest absolute Gasteiger partial charge is 0.192 e. The second kappa shape index (κ2) is 13.5. The largest absolute Gasteiger partial charge is 0.441 e. The number of alkyl halides is 1. The molecule has 5 nitrogen and oxygen atoms in total. The van der Waals surface area contributed by atoms with Crippen LogP contribution in [0, 0.1) is 18.6 Å². The van der Waals surface area contributed by atoms with Crippen LogP contribution in [0.4, 0.5) is 13.2 Å². The number of aryl methyl sites for hydroxylation is 1. The molecule has 1 aromatic heterocycles. The quantitative estimate of drug-likeness (QED) is 0.290. The number of aliphatic hydroxyl groups is 1. The molecule has 4 rings (SSSR count). The average molecular weight is 521 g/mol. The van der Waals surface area contributed by atoms with Gasteiger partial charge in [0.2, 0.25) is 0 Å². The van der Waals surface area contributed by atoms with Crippen molar-refractivity contribution < 1.29 is 27.5 Å². The molecule has 3 aromatic rings. The Morgan fingerprint density at radius 2 is 1.76 bits per heavy atom. The maximum atomic E-state index is 15.4. The monoisotopic (exact) mass is 520 g/mol. The number of aldehydes is 1. The molecular weight excluding hydrogens is 481 g/mol. The molecule has 0 bridgehead atoms. The Kier molecular flexibility index (Phi) is 11.7. The Morgan fingerprint density at radius 3 is 2.30 bits per heavy atom. The first kappa shape index (κ1) is 32.1. The molecule has 0 radical (unpaired) electrons. The van der Waals surface area contributed by atoms with Crippen molar-refractivity contribution in [2.45, 2.75) is 73.1 Å². The third kappa shape index (κ3) is 7.29. The van der Waals surface area contributed by atoms with Gasteiger partial charge < -0.3 is 9.52 Å². The van der Waals surface area contributed by atoms with Crippen molar-refractivity contribution in [3.05, 3.63) is 70.1 Å². The van der Waals surface area contributed by atoms with Crippen LogP contribution in [0.25, 0.3) is 17.2 Å². The van der Waals surface area contributed by atoms with E-state index in [1.54, 1.807) is 13.0 Å².